The number of nitrogens with two attached hydrogens (primary N) is 1. The van der Waals surface area contributed by atoms with Crippen LogP contribution in [-0.4, -0.2) is 49.2 Å². The smallest absolute Gasteiger partial charge is 0.292 e. The SMILES string of the molecule is C=C(C)C[Si](CCCN)(CC(=C)C)CC(=C)C.C=C(C)C[Si](CCCNC=O)(CC(=C)C)CC(=C)C.COC=O. The van der Waals surface area contributed by atoms with Crippen molar-refractivity contribution in [2.24, 2.45) is 5.73 Å². The summed E-state index contributed by atoms with van der Waals surface area (Å²) in [7, 11) is -1.56. The van der Waals surface area contributed by atoms with Gasteiger partial charge in [0.25, 0.3) is 6.47 Å². The number of carbonyl (C=O) groups is 2. The molecule has 0 atom stereocenters. The lowest BCUT2D eigenvalue weighted by atomic mass is 10.4. The van der Waals surface area contributed by atoms with E-state index in [4.69, 9.17) is 10.5 Å². The van der Waals surface area contributed by atoms with Crippen molar-refractivity contribution in [2.45, 2.75) is 103 Å². The second kappa shape index (κ2) is 24.6. The molecule has 0 aliphatic rings. The van der Waals surface area contributed by atoms with Gasteiger partial charge in [-0.3, -0.25) is 9.59 Å². The van der Waals surface area contributed by atoms with Crippen LogP contribution in [0.3, 0.4) is 0 Å². The van der Waals surface area contributed by atoms with Crippen LogP contribution in [0.1, 0.15) is 54.4 Å². The van der Waals surface area contributed by atoms with E-state index in [9.17, 15) is 4.79 Å². The van der Waals surface area contributed by atoms with Crippen LogP contribution in [0.25, 0.3) is 0 Å². The first-order valence-electron chi connectivity index (χ1n) is 14.2. The van der Waals surface area contributed by atoms with Crippen LogP contribution >= 0.6 is 0 Å². The highest BCUT2D eigenvalue weighted by Gasteiger charge is 2.33. The molecule has 0 rings (SSSR count). The van der Waals surface area contributed by atoms with Crippen LogP contribution in [0.5, 0.6) is 0 Å². The van der Waals surface area contributed by atoms with Crippen LogP contribution in [0.4, 0.5) is 0 Å². The zero-order valence-electron chi connectivity index (χ0n) is 27.2. The molecule has 5 nitrogen and oxygen atoms in total. The summed E-state index contributed by atoms with van der Waals surface area (Å²) in [6.07, 6.45) is 2.94. The van der Waals surface area contributed by atoms with Crippen molar-refractivity contribution in [3.8, 4) is 0 Å². The minimum absolute atomic E-state index is 0.375. The summed E-state index contributed by atoms with van der Waals surface area (Å²) in [5.74, 6) is 0. The number of ether oxygens (including phenoxy) is 1. The van der Waals surface area contributed by atoms with Gasteiger partial charge in [0.15, 0.2) is 0 Å². The molecule has 0 unspecified atom stereocenters. The predicted octanol–water partition coefficient (Wildman–Crippen LogP) is 8.60. The Labute approximate surface area is 249 Å². The van der Waals surface area contributed by atoms with Crippen molar-refractivity contribution in [1.82, 2.24) is 5.32 Å². The molecule has 0 heterocycles. The standard InChI is InChI=1S/C16H29NOSi.C15H29NSi.C2H4O2/c1-14(2)10-19(11-15(3)4,12-16(5)6)9-7-8-17-13-18;1-13(2)10-17(9-7-8-16,11-14(3)4)12-15(5)6;1-4-2-3/h13H,1,3,5,7-12H2,2,4,6H3,(H,17,18);1,3,5,7-12,16H2,2,4,6H3;2H,1H3. The lowest BCUT2D eigenvalue weighted by Gasteiger charge is -2.33. The minimum atomic E-state index is -1.49. The Balaban J connectivity index is -0.000000605. The first kappa shape index (κ1) is 42.2. The van der Waals surface area contributed by atoms with Crippen molar-refractivity contribution in [3.63, 3.8) is 0 Å². The summed E-state index contributed by atoms with van der Waals surface area (Å²) in [6, 6.07) is 9.43. The maximum Gasteiger partial charge on any atom is 0.292 e. The summed E-state index contributed by atoms with van der Waals surface area (Å²) >= 11 is 0. The van der Waals surface area contributed by atoms with Gasteiger partial charge >= 0.3 is 0 Å². The zero-order valence-corrected chi connectivity index (χ0v) is 29.2. The van der Waals surface area contributed by atoms with Crippen LogP contribution in [0.15, 0.2) is 72.9 Å². The highest BCUT2D eigenvalue weighted by Crippen LogP contribution is 2.36. The molecule has 0 spiro atoms. The fraction of sp³-hybridized carbons (Fsp3) is 0.576. The van der Waals surface area contributed by atoms with E-state index in [1.165, 1.54) is 70.8 Å². The van der Waals surface area contributed by atoms with E-state index in [1.54, 1.807) is 0 Å². The summed E-state index contributed by atoms with van der Waals surface area (Å²) in [6.45, 7) is 39.3. The highest BCUT2D eigenvalue weighted by molar-refractivity contribution is 6.82. The molecule has 0 aliphatic heterocycles. The summed E-state index contributed by atoms with van der Waals surface area (Å²) in [5, 5.41) is 2.76. The highest BCUT2D eigenvalue weighted by atomic mass is 28.3. The van der Waals surface area contributed by atoms with E-state index in [-0.39, 0.29) is 0 Å². The van der Waals surface area contributed by atoms with Crippen molar-refractivity contribution in [1.29, 1.82) is 0 Å². The monoisotopic (exact) mass is 590 g/mol. The Morgan fingerprint density at radius 2 is 0.925 bits per heavy atom. The van der Waals surface area contributed by atoms with E-state index < -0.39 is 16.1 Å². The number of amides is 1. The van der Waals surface area contributed by atoms with Gasteiger partial charge in [0.2, 0.25) is 6.41 Å². The first-order valence-corrected chi connectivity index (χ1v) is 19.9. The number of rotatable bonds is 21. The van der Waals surface area contributed by atoms with Gasteiger partial charge < -0.3 is 15.8 Å². The maximum atomic E-state index is 10.3. The van der Waals surface area contributed by atoms with Crippen molar-refractivity contribution >= 4 is 29.0 Å². The Bertz CT molecular complexity index is 752. The van der Waals surface area contributed by atoms with Gasteiger partial charge in [-0.2, -0.15) is 0 Å². The molecule has 0 aliphatic carbocycles. The Hall–Kier alpha value is -2.23. The van der Waals surface area contributed by atoms with Gasteiger partial charge in [0.1, 0.15) is 0 Å². The molecule has 1 amide bonds. The number of methoxy groups -OCH3 is 1. The minimum Gasteiger partial charge on any atom is -0.471 e. The maximum absolute atomic E-state index is 10.3. The van der Waals surface area contributed by atoms with E-state index in [1.807, 2.05) is 0 Å². The van der Waals surface area contributed by atoms with E-state index in [0.717, 1.165) is 50.5 Å². The van der Waals surface area contributed by atoms with Gasteiger partial charge in [-0.15, -0.1) is 39.5 Å². The third-order valence-electron chi connectivity index (χ3n) is 6.18. The first-order chi connectivity index (χ1) is 18.5. The second-order valence-electron chi connectivity index (χ2n) is 12.2. The quantitative estimate of drug-likeness (QED) is 0.0607. The van der Waals surface area contributed by atoms with Gasteiger partial charge in [0.05, 0.1) is 23.3 Å². The third kappa shape index (κ3) is 26.0. The zero-order chi connectivity index (χ0) is 31.8. The van der Waals surface area contributed by atoms with E-state index >= 15 is 0 Å². The number of hydrogen-bond acceptors (Lipinski definition) is 4. The van der Waals surface area contributed by atoms with Crippen LogP contribution in [0.2, 0.25) is 48.4 Å². The predicted molar refractivity (Wildman–Crippen MR) is 184 cm³/mol. The molecule has 0 aromatic carbocycles. The number of allylic oxidation sites excluding steroid dienone is 6. The Kier molecular flexibility index (Phi) is 25.9. The molecule has 0 aromatic rings. The molecule has 0 fully saturated rings. The number of hydrogen-bond donors (Lipinski definition) is 2. The van der Waals surface area contributed by atoms with Crippen molar-refractivity contribution < 1.29 is 14.3 Å². The summed E-state index contributed by atoms with van der Waals surface area (Å²) in [4.78, 5) is 19.3. The van der Waals surface area contributed by atoms with Gasteiger partial charge in [-0.05, 0) is 97.2 Å². The van der Waals surface area contributed by atoms with Gasteiger partial charge in [0, 0.05) is 6.54 Å². The Morgan fingerprint density at radius 1 is 0.650 bits per heavy atom. The molecule has 0 aromatic heterocycles. The second-order valence-corrected chi connectivity index (χ2v) is 21.3. The van der Waals surface area contributed by atoms with Crippen LogP contribution in [0, 0.1) is 0 Å². The van der Waals surface area contributed by atoms with Crippen LogP contribution in [-0.2, 0) is 14.3 Å². The lowest BCUT2D eigenvalue weighted by molar-refractivity contribution is -0.126. The Morgan fingerprint density at radius 3 is 1.12 bits per heavy atom. The molecule has 40 heavy (non-hydrogen) atoms. The lowest BCUT2D eigenvalue weighted by Crippen LogP contribution is -2.35. The summed E-state index contributed by atoms with van der Waals surface area (Å²) in [5.41, 5.74) is 13.4. The number of carbonyl (C=O) groups excluding carboxylic acids is 2. The fourth-order valence-corrected chi connectivity index (χ4v) is 17.2. The molecular formula is C33H62N2O3Si2. The molecule has 0 saturated carbocycles. The van der Waals surface area contributed by atoms with Crippen molar-refractivity contribution in [3.05, 3.63) is 72.9 Å². The largest absolute Gasteiger partial charge is 0.471 e. The normalized spacial score (nSPS) is 10.5. The fourth-order valence-electron chi connectivity index (χ4n) is 5.85. The van der Waals surface area contributed by atoms with Crippen molar-refractivity contribution in [2.75, 3.05) is 20.2 Å². The molecular weight excluding hydrogens is 529 g/mol. The molecule has 230 valence electrons. The van der Waals surface area contributed by atoms with Gasteiger partial charge in [-0.25, -0.2) is 0 Å². The molecule has 0 radical (unpaired) electrons. The van der Waals surface area contributed by atoms with Gasteiger partial charge in [-0.1, -0.05) is 45.5 Å². The van der Waals surface area contributed by atoms with Crippen LogP contribution < -0.4 is 11.1 Å². The topological polar surface area (TPSA) is 81.4 Å². The van der Waals surface area contributed by atoms with E-state index in [0.29, 0.717) is 6.47 Å². The average Bonchev–Trinajstić information content (AvgIpc) is 2.78. The third-order valence-corrected chi connectivity index (χ3v) is 17.1. The molecule has 0 bridgehead atoms. The van der Waals surface area contributed by atoms with E-state index in [2.05, 4.69) is 91.1 Å². The molecule has 3 N–H and O–H groups in total. The molecule has 0 saturated heterocycles. The summed E-state index contributed by atoms with van der Waals surface area (Å²) < 4.78 is 3.86. The molecule has 7 heteroatoms. The number of nitrogens with one attached hydrogen (secondary N) is 1. The average molecular weight is 591 g/mol.